The zero-order valence-corrected chi connectivity index (χ0v) is 11.9. The molecular formula is C13H20N2O3S. The van der Waals surface area contributed by atoms with Crippen molar-refractivity contribution in [1.82, 2.24) is 9.62 Å². The van der Waals surface area contributed by atoms with Crippen LogP contribution in [0.2, 0.25) is 0 Å². The van der Waals surface area contributed by atoms with Crippen molar-refractivity contribution in [3.05, 3.63) is 29.8 Å². The maximum atomic E-state index is 12.5. The molecule has 0 spiro atoms. The Morgan fingerprint density at radius 3 is 2.63 bits per heavy atom. The predicted octanol–water partition coefficient (Wildman–Crippen LogP) is 0.204. The van der Waals surface area contributed by atoms with E-state index in [0.717, 1.165) is 12.0 Å². The Hall–Kier alpha value is -0.950. The summed E-state index contributed by atoms with van der Waals surface area (Å²) in [7, 11) is -3.51. The summed E-state index contributed by atoms with van der Waals surface area (Å²) < 4.78 is 26.5. The van der Waals surface area contributed by atoms with E-state index < -0.39 is 10.0 Å². The highest BCUT2D eigenvalue weighted by Gasteiger charge is 2.32. The molecule has 0 saturated carbocycles. The number of nitrogens with zero attached hydrogens (tertiary/aromatic N) is 1. The first-order valence-corrected chi connectivity index (χ1v) is 7.96. The lowest BCUT2D eigenvalue weighted by atomic mass is 10.2. The van der Waals surface area contributed by atoms with Crippen LogP contribution in [0.1, 0.15) is 12.5 Å². The Labute approximate surface area is 114 Å². The number of aliphatic hydroxyl groups is 1. The number of benzene rings is 1. The number of rotatable bonds is 4. The summed E-state index contributed by atoms with van der Waals surface area (Å²) >= 11 is 0. The van der Waals surface area contributed by atoms with E-state index in [4.69, 9.17) is 0 Å². The fourth-order valence-corrected chi connectivity index (χ4v) is 3.86. The lowest BCUT2D eigenvalue weighted by Gasteiger charge is -2.34. The molecule has 6 heteroatoms. The van der Waals surface area contributed by atoms with Gasteiger partial charge in [0.2, 0.25) is 10.0 Å². The van der Waals surface area contributed by atoms with Crippen molar-refractivity contribution in [3.8, 4) is 0 Å². The number of hydrogen-bond acceptors (Lipinski definition) is 4. The number of aryl methyl sites for hydroxylation is 1. The first-order chi connectivity index (χ1) is 9.09. The summed E-state index contributed by atoms with van der Waals surface area (Å²) in [5.41, 5.74) is 1.11. The van der Waals surface area contributed by atoms with E-state index in [-0.39, 0.29) is 12.6 Å². The van der Waals surface area contributed by atoms with Crippen molar-refractivity contribution >= 4 is 10.0 Å². The van der Waals surface area contributed by atoms with Crippen molar-refractivity contribution in [3.63, 3.8) is 0 Å². The molecule has 1 unspecified atom stereocenters. The largest absolute Gasteiger partial charge is 0.395 e. The second-order valence-corrected chi connectivity index (χ2v) is 6.54. The van der Waals surface area contributed by atoms with Gasteiger partial charge in [-0.1, -0.05) is 19.1 Å². The molecule has 2 N–H and O–H groups in total. The molecule has 19 heavy (non-hydrogen) atoms. The fourth-order valence-electron chi connectivity index (χ4n) is 2.25. The first-order valence-electron chi connectivity index (χ1n) is 6.52. The molecule has 1 aliphatic rings. The number of nitrogens with one attached hydrogen (secondary N) is 1. The molecule has 1 fully saturated rings. The quantitative estimate of drug-likeness (QED) is 0.829. The van der Waals surface area contributed by atoms with E-state index in [9.17, 15) is 13.5 Å². The van der Waals surface area contributed by atoms with Gasteiger partial charge in [-0.2, -0.15) is 4.31 Å². The van der Waals surface area contributed by atoms with Crippen molar-refractivity contribution in [2.75, 3.05) is 26.2 Å². The molecule has 0 aromatic heterocycles. The zero-order chi connectivity index (χ0) is 13.9. The van der Waals surface area contributed by atoms with Crippen LogP contribution in [0.3, 0.4) is 0 Å². The molecule has 5 nitrogen and oxygen atoms in total. The van der Waals surface area contributed by atoms with Crippen LogP contribution in [0.25, 0.3) is 0 Å². The van der Waals surface area contributed by atoms with Gasteiger partial charge in [-0.05, 0) is 24.1 Å². The Morgan fingerprint density at radius 2 is 2.05 bits per heavy atom. The fraction of sp³-hybridized carbons (Fsp3) is 0.538. The molecule has 1 saturated heterocycles. The van der Waals surface area contributed by atoms with Crippen LogP contribution in [0, 0.1) is 0 Å². The topological polar surface area (TPSA) is 69.6 Å². The third kappa shape index (κ3) is 2.97. The van der Waals surface area contributed by atoms with Gasteiger partial charge in [0.15, 0.2) is 0 Å². The number of aliphatic hydroxyl groups excluding tert-OH is 1. The van der Waals surface area contributed by atoms with E-state index in [0.29, 0.717) is 24.5 Å². The zero-order valence-electron chi connectivity index (χ0n) is 11.0. The van der Waals surface area contributed by atoms with Gasteiger partial charge < -0.3 is 10.4 Å². The summed E-state index contributed by atoms with van der Waals surface area (Å²) in [6, 6.07) is 6.58. The molecule has 1 atom stereocenters. The maximum Gasteiger partial charge on any atom is 0.243 e. The monoisotopic (exact) mass is 284 g/mol. The Bertz CT molecular complexity index is 513. The van der Waals surface area contributed by atoms with Crippen LogP contribution in [0.15, 0.2) is 29.2 Å². The van der Waals surface area contributed by atoms with Crippen molar-refractivity contribution in [1.29, 1.82) is 0 Å². The van der Waals surface area contributed by atoms with E-state index in [1.54, 1.807) is 12.1 Å². The second-order valence-electron chi connectivity index (χ2n) is 4.65. The lowest BCUT2D eigenvalue weighted by molar-refractivity contribution is 0.165. The molecule has 0 radical (unpaired) electrons. The molecule has 0 aliphatic carbocycles. The molecule has 2 rings (SSSR count). The highest BCUT2D eigenvalue weighted by molar-refractivity contribution is 7.89. The summed E-state index contributed by atoms with van der Waals surface area (Å²) in [6.45, 7) is 3.36. The Kier molecular flexibility index (Phi) is 4.57. The lowest BCUT2D eigenvalue weighted by Crippen LogP contribution is -2.54. The van der Waals surface area contributed by atoms with E-state index in [1.165, 1.54) is 4.31 Å². The smallest absolute Gasteiger partial charge is 0.243 e. The molecule has 0 amide bonds. The number of hydrogen-bond donors (Lipinski definition) is 2. The van der Waals surface area contributed by atoms with Crippen LogP contribution >= 0.6 is 0 Å². The van der Waals surface area contributed by atoms with Gasteiger partial charge in [-0.3, -0.25) is 0 Å². The van der Waals surface area contributed by atoms with Gasteiger partial charge >= 0.3 is 0 Å². The molecule has 106 valence electrons. The van der Waals surface area contributed by atoms with Gasteiger partial charge in [-0.25, -0.2) is 8.42 Å². The molecule has 1 heterocycles. The van der Waals surface area contributed by atoms with Crippen LogP contribution < -0.4 is 5.32 Å². The van der Waals surface area contributed by atoms with Crippen molar-refractivity contribution < 1.29 is 13.5 Å². The summed E-state index contributed by atoms with van der Waals surface area (Å²) in [5, 5.41) is 12.4. The molecule has 1 aromatic carbocycles. The van der Waals surface area contributed by atoms with Crippen LogP contribution in [-0.4, -0.2) is 50.1 Å². The van der Waals surface area contributed by atoms with Gasteiger partial charge in [0.05, 0.1) is 17.5 Å². The summed E-state index contributed by atoms with van der Waals surface area (Å²) in [4.78, 5) is 0.296. The molecular weight excluding hydrogens is 264 g/mol. The van der Waals surface area contributed by atoms with Gasteiger partial charge in [-0.15, -0.1) is 0 Å². The number of sulfonamides is 1. The standard InChI is InChI=1S/C13H20N2O3S/c1-2-11-3-5-13(6-4-11)19(17,18)15-8-7-14-9-12(15)10-16/h3-6,12,14,16H,2,7-10H2,1H3. The highest BCUT2D eigenvalue weighted by Crippen LogP contribution is 2.20. The van der Waals surface area contributed by atoms with Crippen LogP contribution in [0.5, 0.6) is 0 Å². The minimum Gasteiger partial charge on any atom is -0.395 e. The third-order valence-corrected chi connectivity index (χ3v) is 5.41. The summed E-state index contributed by atoms with van der Waals surface area (Å²) in [6.07, 6.45) is 0.882. The average Bonchev–Trinajstić information content (AvgIpc) is 2.47. The third-order valence-electron chi connectivity index (χ3n) is 3.45. The molecule has 1 aliphatic heterocycles. The number of piperazine rings is 1. The minimum absolute atomic E-state index is 0.167. The molecule has 1 aromatic rings. The van der Waals surface area contributed by atoms with E-state index >= 15 is 0 Å². The maximum absolute atomic E-state index is 12.5. The predicted molar refractivity (Wildman–Crippen MR) is 73.5 cm³/mol. The van der Waals surface area contributed by atoms with Crippen molar-refractivity contribution in [2.24, 2.45) is 0 Å². The van der Waals surface area contributed by atoms with Gasteiger partial charge in [0.25, 0.3) is 0 Å². The average molecular weight is 284 g/mol. The van der Waals surface area contributed by atoms with Gasteiger partial charge in [0, 0.05) is 19.6 Å². The molecule has 0 bridgehead atoms. The van der Waals surface area contributed by atoms with E-state index in [1.807, 2.05) is 19.1 Å². The normalized spacial score (nSPS) is 21.5. The van der Waals surface area contributed by atoms with Crippen molar-refractivity contribution in [2.45, 2.75) is 24.3 Å². The van der Waals surface area contributed by atoms with E-state index in [2.05, 4.69) is 5.32 Å². The highest BCUT2D eigenvalue weighted by atomic mass is 32.2. The van der Waals surface area contributed by atoms with Gasteiger partial charge in [0.1, 0.15) is 0 Å². The Balaban J connectivity index is 2.29. The van der Waals surface area contributed by atoms with Crippen LogP contribution in [0.4, 0.5) is 0 Å². The Morgan fingerprint density at radius 1 is 1.37 bits per heavy atom. The van der Waals surface area contributed by atoms with Crippen LogP contribution in [-0.2, 0) is 16.4 Å². The summed E-state index contributed by atoms with van der Waals surface area (Å²) in [5.74, 6) is 0. The second kappa shape index (κ2) is 6.00. The first kappa shape index (κ1) is 14.5. The SMILES string of the molecule is CCc1ccc(S(=O)(=O)N2CCNCC2CO)cc1. The minimum atomic E-state index is -3.51.